The molecule has 0 saturated carbocycles. The molecule has 37 heavy (non-hydrogen) atoms. The van der Waals surface area contributed by atoms with Gasteiger partial charge in [-0.2, -0.15) is 0 Å². The van der Waals surface area contributed by atoms with Crippen molar-refractivity contribution in [2.45, 2.75) is 31.7 Å². The first-order chi connectivity index (χ1) is 18.0. The minimum absolute atomic E-state index is 0.0469. The Balaban J connectivity index is 1.05. The van der Waals surface area contributed by atoms with Crippen molar-refractivity contribution in [3.05, 3.63) is 77.9 Å². The zero-order chi connectivity index (χ0) is 25.8. The first kappa shape index (κ1) is 24.6. The lowest BCUT2D eigenvalue weighted by Gasteiger charge is -2.32. The number of rotatable bonds is 8. The molecule has 3 aromatic carbocycles. The van der Waals surface area contributed by atoms with Gasteiger partial charge in [0.25, 0.3) is 11.8 Å². The van der Waals surface area contributed by atoms with Crippen LogP contribution in [0.3, 0.4) is 0 Å². The molecule has 190 valence electrons. The van der Waals surface area contributed by atoms with E-state index in [0.29, 0.717) is 29.5 Å². The van der Waals surface area contributed by atoms with Crippen LogP contribution in [0.25, 0.3) is 10.8 Å². The summed E-state index contributed by atoms with van der Waals surface area (Å²) in [4.78, 5) is 54.2. The molecule has 0 aliphatic carbocycles. The Morgan fingerprint density at radius 3 is 2.11 bits per heavy atom. The molecule has 0 radical (unpaired) electrons. The molecule has 1 saturated heterocycles. The predicted octanol–water partition coefficient (Wildman–Crippen LogP) is 3.44. The second-order valence-corrected chi connectivity index (χ2v) is 9.61. The highest BCUT2D eigenvalue weighted by molar-refractivity contribution is 6.25. The molecule has 8 nitrogen and oxygen atoms in total. The van der Waals surface area contributed by atoms with Crippen molar-refractivity contribution in [2.24, 2.45) is 0 Å². The highest BCUT2D eigenvalue weighted by Crippen LogP contribution is 2.30. The third kappa shape index (κ3) is 5.54. The van der Waals surface area contributed by atoms with Gasteiger partial charge in [0, 0.05) is 54.3 Å². The van der Waals surface area contributed by atoms with Crippen LogP contribution in [0.2, 0.25) is 0 Å². The molecule has 0 unspecified atom stereocenters. The smallest absolute Gasteiger partial charge is 0.261 e. The topological polar surface area (TPSA) is 98.8 Å². The average molecular weight is 499 g/mol. The molecule has 2 aliphatic rings. The maximum absolute atomic E-state index is 13.0. The summed E-state index contributed by atoms with van der Waals surface area (Å²) >= 11 is 0. The molecule has 5 rings (SSSR count). The molecule has 3 aromatic rings. The molecular formula is C29H30N4O4. The van der Waals surface area contributed by atoms with Gasteiger partial charge in [-0.1, -0.05) is 42.5 Å². The van der Waals surface area contributed by atoms with E-state index in [1.165, 1.54) is 4.90 Å². The van der Waals surface area contributed by atoms with Gasteiger partial charge in [0.05, 0.1) is 6.54 Å². The van der Waals surface area contributed by atoms with Crippen molar-refractivity contribution in [3.8, 4) is 0 Å². The van der Waals surface area contributed by atoms with Crippen LogP contribution < -0.4 is 10.6 Å². The van der Waals surface area contributed by atoms with Crippen LogP contribution in [0.1, 0.15) is 46.4 Å². The van der Waals surface area contributed by atoms with E-state index < -0.39 is 0 Å². The van der Waals surface area contributed by atoms with Gasteiger partial charge >= 0.3 is 0 Å². The number of amides is 4. The SMILES string of the molecule is O=C(CN1CCC(NC(=O)CCCN2C(=O)c3cccc4cccc(c34)C2=O)CC1)Nc1ccccc1. The van der Waals surface area contributed by atoms with E-state index in [1.807, 2.05) is 54.6 Å². The van der Waals surface area contributed by atoms with Crippen LogP contribution in [0.15, 0.2) is 66.7 Å². The lowest BCUT2D eigenvalue weighted by Crippen LogP contribution is -2.46. The normalized spacial score (nSPS) is 16.2. The zero-order valence-corrected chi connectivity index (χ0v) is 20.6. The Labute approximate surface area is 215 Å². The van der Waals surface area contributed by atoms with Crippen LogP contribution >= 0.6 is 0 Å². The number of para-hydroxylation sites is 1. The van der Waals surface area contributed by atoms with Crippen LogP contribution in [-0.2, 0) is 9.59 Å². The van der Waals surface area contributed by atoms with Gasteiger partial charge in [-0.25, -0.2) is 0 Å². The molecule has 0 aromatic heterocycles. The summed E-state index contributed by atoms with van der Waals surface area (Å²) < 4.78 is 0. The summed E-state index contributed by atoms with van der Waals surface area (Å²) in [5, 5.41) is 7.55. The zero-order valence-electron chi connectivity index (χ0n) is 20.6. The maximum atomic E-state index is 13.0. The first-order valence-electron chi connectivity index (χ1n) is 12.7. The van der Waals surface area contributed by atoms with Crippen LogP contribution in [-0.4, -0.2) is 65.6 Å². The second-order valence-electron chi connectivity index (χ2n) is 9.61. The van der Waals surface area contributed by atoms with Crippen LogP contribution in [0.5, 0.6) is 0 Å². The van der Waals surface area contributed by atoms with Gasteiger partial charge in [-0.15, -0.1) is 0 Å². The minimum atomic E-state index is -0.307. The van der Waals surface area contributed by atoms with E-state index in [9.17, 15) is 19.2 Å². The number of carbonyl (C=O) groups excluding carboxylic acids is 4. The highest BCUT2D eigenvalue weighted by Gasteiger charge is 2.32. The lowest BCUT2D eigenvalue weighted by molar-refractivity contribution is -0.122. The summed E-state index contributed by atoms with van der Waals surface area (Å²) in [7, 11) is 0. The molecule has 2 aliphatic heterocycles. The van der Waals surface area contributed by atoms with Crippen molar-refractivity contribution in [1.29, 1.82) is 0 Å². The quantitative estimate of drug-likeness (QED) is 0.464. The van der Waals surface area contributed by atoms with Gasteiger partial charge in [0.1, 0.15) is 0 Å². The Morgan fingerprint density at radius 1 is 0.811 bits per heavy atom. The predicted molar refractivity (Wildman–Crippen MR) is 141 cm³/mol. The number of anilines is 1. The van der Waals surface area contributed by atoms with Gasteiger partial charge in [0.15, 0.2) is 0 Å². The Morgan fingerprint density at radius 2 is 1.46 bits per heavy atom. The largest absolute Gasteiger partial charge is 0.353 e. The molecule has 0 spiro atoms. The standard InChI is InChI=1S/C29H30N4O4/c34-25(30-22-14-17-32(18-15-22)19-26(35)31-21-9-2-1-3-10-21)13-6-16-33-28(36)23-11-4-7-20-8-5-12-24(27(20)23)29(33)37/h1-5,7-12,22H,6,13-19H2,(H,30,34)(H,31,35). The Bertz CT molecular complexity index is 1280. The number of likely N-dealkylation sites (tertiary alicyclic amines) is 1. The van der Waals surface area contributed by atoms with Crippen molar-refractivity contribution in [2.75, 3.05) is 31.5 Å². The fourth-order valence-electron chi connectivity index (χ4n) is 5.14. The third-order valence-corrected chi connectivity index (χ3v) is 7.02. The molecule has 1 fully saturated rings. The Kier molecular flexibility index (Phi) is 7.28. The van der Waals surface area contributed by atoms with Gasteiger partial charge in [0.2, 0.25) is 11.8 Å². The van der Waals surface area contributed by atoms with E-state index in [0.717, 1.165) is 37.0 Å². The summed E-state index contributed by atoms with van der Waals surface area (Å²) in [5.74, 6) is -0.745. The summed E-state index contributed by atoms with van der Waals surface area (Å²) in [5.41, 5.74) is 1.84. The number of carbonyl (C=O) groups is 4. The van der Waals surface area contributed by atoms with Crippen LogP contribution in [0, 0.1) is 0 Å². The fourth-order valence-corrected chi connectivity index (χ4v) is 5.14. The second kappa shape index (κ2) is 10.9. The molecule has 8 heteroatoms. The third-order valence-electron chi connectivity index (χ3n) is 7.02. The van der Waals surface area contributed by atoms with Crippen LogP contribution in [0.4, 0.5) is 5.69 Å². The van der Waals surface area contributed by atoms with Gasteiger partial charge in [-0.05, 0) is 48.9 Å². The van der Waals surface area contributed by atoms with E-state index in [-0.39, 0.29) is 42.6 Å². The number of piperidine rings is 1. The molecule has 0 bridgehead atoms. The number of hydrogen-bond donors (Lipinski definition) is 2. The van der Waals surface area contributed by atoms with Gasteiger partial charge in [-0.3, -0.25) is 29.0 Å². The number of nitrogens with zero attached hydrogens (tertiary/aromatic N) is 2. The number of imide groups is 1. The monoisotopic (exact) mass is 498 g/mol. The van der Waals surface area contributed by atoms with Crippen molar-refractivity contribution < 1.29 is 19.2 Å². The molecule has 0 atom stereocenters. The number of hydrogen-bond acceptors (Lipinski definition) is 5. The van der Waals surface area contributed by atoms with Gasteiger partial charge < -0.3 is 10.6 Å². The summed E-state index contributed by atoms with van der Waals surface area (Å²) in [6.07, 6.45) is 2.19. The van der Waals surface area contributed by atoms with Crippen molar-refractivity contribution >= 4 is 40.1 Å². The molecular weight excluding hydrogens is 468 g/mol. The lowest BCUT2D eigenvalue weighted by atomic mass is 9.94. The summed E-state index contributed by atoms with van der Waals surface area (Å²) in [6.45, 7) is 1.98. The molecule has 4 amide bonds. The van der Waals surface area contributed by atoms with E-state index in [2.05, 4.69) is 15.5 Å². The van der Waals surface area contributed by atoms with E-state index in [4.69, 9.17) is 0 Å². The minimum Gasteiger partial charge on any atom is -0.353 e. The highest BCUT2D eigenvalue weighted by atomic mass is 16.2. The summed E-state index contributed by atoms with van der Waals surface area (Å²) in [6, 6.07) is 20.4. The fraction of sp³-hybridized carbons (Fsp3) is 0.310. The number of nitrogens with one attached hydrogen (secondary N) is 2. The van der Waals surface area contributed by atoms with Crippen molar-refractivity contribution in [3.63, 3.8) is 0 Å². The van der Waals surface area contributed by atoms with Crippen molar-refractivity contribution in [1.82, 2.24) is 15.1 Å². The van der Waals surface area contributed by atoms with E-state index >= 15 is 0 Å². The first-order valence-corrected chi connectivity index (χ1v) is 12.7. The molecule has 2 N–H and O–H groups in total. The average Bonchev–Trinajstić information content (AvgIpc) is 2.91. The maximum Gasteiger partial charge on any atom is 0.261 e. The molecule has 2 heterocycles. The Hall–Kier alpha value is -4.04. The van der Waals surface area contributed by atoms with E-state index in [1.54, 1.807) is 12.1 Å². The number of benzene rings is 3.